The summed E-state index contributed by atoms with van der Waals surface area (Å²) in [6.45, 7) is 8.03. The van der Waals surface area contributed by atoms with Crippen LogP contribution in [-0.4, -0.2) is 5.78 Å². The summed E-state index contributed by atoms with van der Waals surface area (Å²) in [6, 6.07) is 7.25. The molecule has 0 heterocycles. The zero-order valence-corrected chi connectivity index (χ0v) is 9.87. The van der Waals surface area contributed by atoms with E-state index in [1.807, 2.05) is 26.0 Å². The van der Waals surface area contributed by atoms with Crippen molar-refractivity contribution in [2.45, 2.75) is 27.7 Å². The fourth-order valence-corrected chi connectivity index (χ4v) is 1.31. The summed E-state index contributed by atoms with van der Waals surface area (Å²) < 4.78 is 0. The zero-order chi connectivity index (χ0) is 11.6. The van der Waals surface area contributed by atoms with Gasteiger partial charge in [0.25, 0.3) is 0 Å². The molecule has 0 amide bonds. The Bertz CT molecular complexity index is 367. The molecular weight excluding hydrogens is 186 g/mol. The summed E-state index contributed by atoms with van der Waals surface area (Å²) in [5.41, 5.74) is 6.63. The topological polar surface area (TPSA) is 43.1 Å². The third-order valence-corrected chi connectivity index (χ3v) is 3.23. The van der Waals surface area contributed by atoms with Crippen LogP contribution in [-0.2, 0) is 0 Å². The fraction of sp³-hybridized carbons (Fsp3) is 0.462. The highest BCUT2D eigenvalue weighted by Crippen LogP contribution is 2.32. The lowest BCUT2D eigenvalue weighted by molar-refractivity contribution is 0.0773. The van der Waals surface area contributed by atoms with Crippen molar-refractivity contribution >= 4 is 11.5 Å². The van der Waals surface area contributed by atoms with Gasteiger partial charge >= 0.3 is 0 Å². The number of carbonyl (C=O) groups is 1. The van der Waals surface area contributed by atoms with E-state index in [1.54, 1.807) is 12.1 Å². The first-order valence-electron chi connectivity index (χ1n) is 5.26. The lowest BCUT2D eigenvalue weighted by Crippen LogP contribution is -2.30. The van der Waals surface area contributed by atoms with Gasteiger partial charge in [-0.05, 0) is 18.1 Å². The minimum Gasteiger partial charge on any atom is -0.398 e. The number of hydrogen-bond donors (Lipinski definition) is 1. The van der Waals surface area contributed by atoms with Gasteiger partial charge in [-0.25, -0.2) is 0 Å². The molecule has 15 heavy (non-hydrogen) atoms. The third-order valence-electron chi connectivity index (χ3n) is 3.23. The van der Waals surface area contributed by atoms with Gasteiger partial charge in [0, 0.05) is 16.7 Å². The van der Waals surface area contributed by atoms with Crippen LogP contribution in [0.5, 0.6) is 0 Å². The molecule has 0 bridgehead atoms. The molecule has 1 rings (SSSR count). The number of ketones is 1. The first-order chi connectivity index (χ1) is 6.87. The van der Waals surface area contributed by atoms with Crippen molar-refractivity contribution in [2.24, 2.45) is 11.3 Å². The molecule has 2 N–H and O–H groups in total. The molecular formula is C13H19NO. The van der Waals surface area contributed by atoms with Crippen LogP contribution in [0.2, 0.25) is 0 Å². The van der Waals surface area contributed by atoms with Crippen LogP contribution in [0.3, 0.4) is 0 Å². The molecule has 0 fully saturated rings. The minimum atomic E-state index is -0.366. The van der Waals surface area contributed by atoms with Crippen molar-refractivity contribution in [3.8, 4) is 0 Å². The Kier molecular flexibility index (Phi) is 3.18. The van der Waals surface area contributed by atoms with Gasteiger partial charge in [-0.1, -0.05) is 39.8 Å². The van der Waals surface area contributed by atoms with E-state index in [4.69, 9.17) is 5.73 Å². The van der Waals surface area contributed by atoms with E-state index in [0.717, 1.165) is 0 Å². The highest BCUT2D eigenvalue weighted by atomic mass is 16.1. The number of carbonyl (C=O) groups excluding carboxylic acids is 1. The average Bonchev–Trinajstić information content (AvgIpc) is 2.17. The number of rotatable bonds is 3. The summed E-state index contributed by atoms with van der Waals surface area (Å²) in [4.78, 5) is 12.2. The Morgan fingerprint density at radius 3 is 2.27 bits per heavy atom. The number of hydrogen-bond acceptors (Lipinski definition) is 2. The summed E-state index contributed by atoms with van der Waals surface area (Å²) in [6.07, 6.45) is 0. The van der Waals surface area contributed by atoms with Crippen molar-refractivity contribution in [1.29, 1.82) is 0 Å². The molecule has 0 saturated carbocycles. The van der Waals surface area contributed by atoms with Gasteiger partial charge in [-0.3, -0.25) is 4.79 Å². The Hall–Kier alpha value is -1.31. The summed E-state index contributed by atoms with van der Waals surface area (Å²) in [7, 11) is 0. The van der Waals surface area contributed by atoms with Crippen LogP contribution in [0.15, 0.2) is 24.3 Å². The number of nitrogen functional groups attached to an aromatic ring is 1. The molecule has 82 valence electrons. The molecule has 0 unspecified atom stereocenters. The van der Waals surface area contributed by atoms with Crippen molar-refractivity contribution in [2.75, 3.05) is 5.73 Å². The van der Waals surface area contributed by atoms with Crippen molar-refractivity contribution in [1.82, 2.24) is 0 Å². The Morgan fingerprint density at radius 1 is 1.27 bits per heavy atom. The monoisotopic (exact) mass is 205 g/mol. The molecule has 0 aromatic heterocycles. The predicted molar refractivity (Wildman–Crippen MR) is 63.8 cm³/mol. The molecule has 1 aromatic rings. The Labute approximate surface area is 91.5 Å². The van der Waals surface area contributed by atoms with E-state index >= 15 is 0 Å². The number of nitrogens with two attached hydrogens (primary N) is 1. The van der Waals surface area contributed by atoms with Crippen LogP contribution < -0.4 is 5.73 Å². The van der Waals surface area contributed by atoms with Crippen LogP contribution >= 0.6 is 0 Å². The maximum atomic E-state index is 12.2. The lowest BCUT2D eigenvalue weighted by Gasteiger charge is -2.28. The lowest BCUT2D eigenvalue weighted by atomic mass is 9.75. The van der Waals surface area contributed by atoms with Crippen LogP contribution in [0.1, 0.15) is 38.1 Å². The molecule has 1 aromatic carbocycles. The first kappa shape index (κ1) is 11.8. The van der Waals surface area contributed by atoms with Gasteiger partial charge < -0.3 is 5.73 Å². The van der Waals surface area contributed by atoms with E-state index in [1.165, 1.54) is 0 Å². The third kappa shape index (κ3) is 2.20. The van der Waals surface area contributed by atoms with Crippen LogP contribution in [0.25, 0.3) is 0 Å². The minimum absolute atomic E-state index is 0.121. The number of para-hydroxylation sites is 1. The second-order valence-electron chi connectivity index (χ2n) is 4.79. The number of benzene rings is 1. The van der Waals surface area contributed by atoms with Gasteiger partial charge in [-0.2, -0.15) is 0 Å². The first-order valence-corrected chi connectivity index (χ1v) is 5.26. The van der Waals surface area contributed by atoms with Crippen molar-refractivity contribution in [3.63, 3.8) is 0 Å². The van der Waals surface area contributed by atoms with E-state index in [0.29, 0.717) is 17.2 Å². The smallest absolute Gasteiger partial charge is 0.170 e. The van der Waals surface area contributed by atoms with Crippen molar-refractivity contribution in [3.05, 3.63) is 29.8 Å². The maximum absolute atomic E-state index is 12.2. The fourth-order valence-electron chi connectivity index (χ4n) is 1.31. The standard InChI is InChI=1S/C13H19NO/c1-9(2)13(3,4)12(15)10-7-5-6-8-11(10)14/h5-9H,14H2,1-4H3. The summed E-state index contributed by atoms with van der Waals surface area (Å²) in [5, 5.41) is 0. The quantitative estimate of drug-likeness (QED) is 0.608. The molecule has 2 heteroatoms. The van der Waals surface area contributed by atoms with E-state index in [2.05, 4.69) is 13.8 Å². The second-order valence-corrected chi connectivity index (χ2v) is 4.79. The molecule has 0 radical (unpaired) electrons. The Morgan fingerprint density at radius 2 is 1.80 bits per heavy atom. The van der Waals surface area contributed by atoms with Crippen LogP contribution in [0, 0.1) is 11.3 Å². The normalized spacial score (nSPS) is 11.8. The average molecular weight is 205 g/mol. The van der Waals surface area contributed by atoms with Crippen molar-refractivity contribution < 1.29 is 4.79 Å². The van der Waals surface area contributed by atoms with Gasteiger partial charge in [0.05, 0.1) is 0 Å². The highest BCUT2D eigenvalue weighted by Gasteiger charge is 2.32. The predicted octanol–water partition coefficient (Wildman–Crippen LogP) is 3.13. The SMILES string of the molecule is CC(C)C(C)(C)C(=O)c1ccccc1N. The maximum Gasteiger partial charge on any atom is 0.170 e. The van der Waals surface area contributed by atoms with E-state index < -0.39 is 0 Å². The van der Waals surface area contributed by atoms with Crippen LogP contribution in [0.4, 0.5) is 5.69 Å². The summed E-state index contributed by atoms with van der Waals surface area (Å²) in [5.74, 6) is 0.417. The number of anilines is 1. The van der Waals surface area contributed by atoms with Gasteiger partial charge in [0.2, 0.25) is 0 Å². The second kappa shape index (κ2) is 4.05. The Balaban J connectivity index is 3.11. The molecule has 0 spiro atoms. The molecule has 0 aliphatic carbocycles. The largest absolute Gasteiger partial charge is 0.398 e. The molecule has 2 nitrogen and oxygen atoms in total. The molecule has 0 aliphatic heterocycles. The van der Waals surface area contributed by atoms with E-state index in [9.17, 15) is 4.79 Å². The molecule has 0 saturated heterocycles. The molecule has 0 atom stereocenters. The van der Waals surface area contributed by atoms with E-state index in [-0.39, 0.29) is 11.2 Å². The number of Topliss-reactive ketones (excluding diaryl/α,β-unsaturated/α-hetero) is 1. The van der Waals surface area contributed by atoms with Gasteiger partial charge in [0.15, 0.2) is 5.78 Å². The summed E-state index contributed by atoms with van der Waals surface area (Å²) >= 11 is 0. The highest BCUT2D eigenvalue weighted by molar-refractivity contribution is 6.04. The van der Waals surface area contributed by atoms with Gasteiger partial charge in [-0.15, -0.1) is 0 Å². The zero-order valence-electron chi connectivity index (χ0n) is 9.87. The van der Waals surface area contributed by atoms with Gasteiger partial charge in [0.1, 0.15) is 0 Å². The molecule has 0 aliphatic rings.